The van der Waals surface area contributed by atoms with E-state index in [9.17, 15) is 22.8 Å². The minimum Gasteiger partial charge on any atom is -0.459 e. The summed E-state index contributed by atoms with van der Waals surface area (Å²) in [6, 6.07) is 14.8. The lowest BCUT2D eigenvalue weighted by molar-refractivity contribution is -0.137. The van der Waals surface area contributed by atoms with E-state index in [4.69, 9.17) is 4.42 Å². The number of para-hydroxylation sites is 2. The molecule has 0 saturated heterocycles. The predicted octanol–water partition coefficient (Wildman–Crippen LogP) is 4.26. The first-order valence-electron chi connectivity index (χ1n) is 10.0. The Balaban J connectivity index is 1.48. The molecule has 0 radical (unpaired) electrons. The van der Waals surface area contributed by atoms with Crippen LogP contribution in [0, 0.1) is 0 Å². The monoisotopic (exact) mass is 456 g/mol. The normalized spacial score (nSPS) is 11.5. The Labute approximate surface area is 186 Å². The maximum atomic E-state index is 12.9. The first-order chi connectivity index (χ1) is 15.8. The lowest BCUT2D eigenvalue weighted by Gasteiger charge is -2.12. The van der Waals surface area contributed by atoms with Gasteiger partial charge in [0.15, 0.2) is 5.76 Å². The molecule has 4 aromatic rings. The van der Waals surface area contributed by atoms with Crippen molar-refractivity contribution in [2.24, 2.45) is 0 Å². The molecule has 4 rings (SSSR count). The van der Waals surface area contributed by atoms with Crippen LogP contribution >= 0.6 is 0 Å². The molecule has 2 amide bonds. The van der Waals surface area contributed by atoms with Crippen LogP contribution in [0.1, 0.15) is 21.9 Å². The maximum absolute atomic E-state index is 12.9. The highest BCUT2D eigenvalue weighted by Gasteiger charge is 2.30. The molecule has 0 aliphatic rings. The van der Waals surface area contributed by atoms with E-state index in [2.05, 4.69) is 15.6 Å². The second-order valence-electron chi connectivity index (χ2n) is 7.21. The quantitative estimate of drug-likeness (QED) is 0.435. The second-order valence-corrected chi connectivity index (χ2v) is 7.21. The molecule has 7 nitrogen and oxygen atoms in total. The van der Waals surface area contributed by atoms with Gasteiger partial charge < -0.3 is 19.6 Å². The van der Waals surface area contributed by atoms with E-state index < -0.39 is 17.6 Å². The van der Waals surface area contributed by atoms with E-state index >= 15 is 0 Å². The number of fused-ring (bicyclic) bond motifs is 1. The number of nitrogens with one attached hydrogen (secondary N) is 2. The van der Waals surface area contributed by atoms with Crippen molar-refractivity contribution in [1.82, 2.24) is 14.9 Å². The van der Waals surface area contributed by atoms with E-state index in [1.165, 1.54) is 18.4 Å². The summed E-state index contributed by atoms with van der Waals surface area (Å²) in [5, 5.41) is 5.23. The van der Waals surface area contributed by atoms with Gasteiger partial charge in [-0.2, -0.15) is 13.2 Å². The Kier molecular flexibility index (Phi) is 6.16. The summed E-state index contributed by atoms with van der Waals surface area (Å²) in [6.07, 6.45) is -2.77. The van der Waals surface area contributed by atoms with Crippen LogP contribution in [0.2, 0.25) is 0 Å². The molecule has 0 unspecified atom stereocenters. The van der Waals surface area contributed by atoms with Crippen molar-refractivity contribution >= 4 is 28.5 Å². The number of furan rings is 1. The molecule has 170 valence electrons. The fourth-order valence-electron chi connectivity index (χ4n) is 3.39. The highest BCUT2D eigenvalue weighted by Crippen LogP contribution is 2.30. The van der Waals surface area contributed by atoms with Crippen molar-refractivity contribution in [2.75, 3.05) is 11.9 Å². The summed E-state index contributed by atoms with van der Waals surface area (Å²) >= 11 is 0. The number of carbonyl (C=O) groups excluding carboxylic acids is 2. The zero-order valence-electron chi connectivity index (χ0n) is 17.2. The number of rotatable bonds is 7. The predicted molar refractivity (Wildman–Crippen MR) is 115 cm³/mol. The third kappa shape index (κ3) is 5.22. The van der Waals surface area contributed by atoms with Crippen molar-refractivity contribution in [1.29, 1.82) is 0 Å². The van der Waals surface area contributed by atoms with Gasteiger partial charge >= 0.3 is 6.18 Å². The van der Waals surface area contributed by atoms with Crippen LogP contribution in [0.3, 0.4) is 0 Å². The summed E-state index contributed by atoms with van der Waals surface area (Å²) in [4.78, 5) is 29.2. The van der Waals surface area contributed by atoms with E-state index in [0.29, 0.717) is 23.3 Å². The molecular weight excluding hydrogens is 437 g/mol. The molecule has 0 saturated carbocycles. The lowest BCUT2D eigenvalue weighted by atomic mass is 10.2. The van der Waals surface area contributed by atoms with Crippen molar-refractivity contribution in [2.45, 2.75) is 19.1 Å². The number of hydrogen-bond acceptors (Lipinski definition) is 4. The lowest BCUT2D eigenvalue weighted by Crippen LogP contribution is -2.27. The molecular formula is C23H19F3N4O3. The first-order valence-corrected chi connectivity index (χ1v) is 10.0. The van der Waals surface area contributed by atoms with Gasteiger partial charge in [0, 0.05) is 18.7 Å². The molecule has 0 fully saturated rings. The van der Waals surface area contributed by atoms with Gasteiger partial charge in [-0.1, -0.05) is 18.2 Å². The third-order valence-corrected chi connectivity index (χ3v) is 4.89. The number of imidazole rings is 1. The highest BCUT2D eigenvalue weighted by molar-refractivity contribution is 5.92. The molecule has 2 N–H and O–H groups in total. The van der Waals surface area contributed by atoms with Gasteiger partial charge in [0.2, 0.25) is 5.91 Å². The van der Waals surface area contributed by atoms with Gasteiger partial charge in [0.05, 0.1) is 22.9 Å². The van der Waals surface area contributed by atoms with Crippen LogP contribution in [0.15, 0.2) is 71.3 Å². The number of nitrogens with zero attached hydrogens (tertiary/aromatic N) is 2. The third-order valence-electron chi connectivity index (χ3n) is 4.89. The standard InChI is InChI=1S/C23H19F3N4O3/c24-23(25,26)15-5-3-6-16(13-15)28-21(31)14-30-18-8-2-1-7-17(18)29-20(30)10-11-27-22(32)19-9-4-12-33-19/h1-9,12-13H,10-11,14H2,(H,27,32)(H,28,31). The maximum Gasteiger partial charge on any atom is 0.416 e. The fraction of sp³-hybridized carbons (Fsp3) is 0.174. The van der Waals surface area contributed by atoms with Crippen LogP contribution in [-0.2, 0) is 23.9 Å². The number of carbonyl (C=O) groups is 2. The van der Waals surface area contributed by atoms with Crippen LogP contribution in [0.4, 0.5) is 18.9 Å². The number of benzene rings is 2. The summed E-state index contributed by atoms with van der Waals surface area (Å²) in [5.74, 6) is -0.137. The Morgan fingerprint density at radius 2 is 1.85 bits per heavy atom. The molecule has 0 aliphatic heterocycles. The van der Waals surface area contributed by atoms with Crippen molar-refractivity contribution < 1.29 is 27.2 Å². The largest absolute Gasteiger partial charge is 0.459 e. The number of halogens is 3. The minimum absolute atomic E-state index is 0.0477. The Hall–Kier alpha value is -4.08. The van der Waals surface area contributed by atoms with Crippen molar-refractivity contribution in [3.8, 4) is 0 Å². The molecule has 0 aliphatic carbocycles. The molecule has 2 heterocycles. The van der Waals surface area contributed by atoms with Crippen LogP contribution < -0.4 is 10.6 Å². The van der Waals surface area contributed by atoms with Gasteiger partial charge in [-0.25, -0.2) is 4.98 Å². The van der Waals surface area contributed by atoms with E-state index in [1.807, 2.05) is 6.07 Å². The highest BCUT2D eigenvalue weighted by atomic mass is 19.4. The molecule has 0 atom stereocenters. The summed E-state index contributed by atoms with van der Waals surface area (Å²) < 4.78 is 45.6. The second kappa shape index (κ2) is 9.19. The average molecular weight is 456 g/mol. The SMILES string of the molecule is O=C(Cn1c(CCNC(=O)c2ccco2)nc2ccccc21)Nc1cccc(C(F)(F)F)c1. The zero-order chi connectivity index (χ0) is 23.4. The fourth-order valence-corrected chi connectivity index (χ4v) is 3.39. The Morgan fingerprint density at radius 1 is 1.03 bits per heavy atom. The molecule has 10 heteroatoms. The summed E-state index contributed by atoms with van der Waals surface area (Å²) in [5.41, 5.74) is 0.564. The van der Waals surface area contributed by atoms with Crippen molar-refractivity contribution in [3.63, 3.8) is 0 Å². The van der Waals surface area contributed by atoms with Crippen LogP contribution in [0.5, 0.6) is 0 Å². The molecule has 0 spiro atoms. The number of hydrogen-bond donors (Lipinski definition) is 2. The number of amides is 2. The first kappa shape index (κ1) is 22.1. The van der Waals surface area contributed by atoms with Gasteiger partial charge in [-0.3, -0.25) is 9.59 Å². The van der Waals surface area contributed by atoms with Crippen molar-refractivity contribution in [3.05, 3.63) is 84.1 Å². The summed E-state index contributed by atoms with van der Waals surface area (Å²) in [6.45, 7) is 0.0936. The number of anilines is 1. The van der Waals surface area contributed by atoms with Crippen LogP contribution in [-0.4, -0.2) is 27.9 Å². The smallest absolute Gasteiger partial charge is 0.416 e. The Morgan fingerprint density at radius 3 is 2.61 bits per heavy atom. The number of aromatic nitrogens is 2. The van der Waals surface area contributed by atoms with E-state index in [0.717, 1.165) is 12.1 Å². The zero-order valence-corrected chi connectivity index (χ0v) is 17.2. The topological polar surface area (TPSA) is 89.2 Å². The van der Waals surface area contributed by atoms with Gasteiger partial charge in [0.1, 0.15) is 12.4 Å². The number of alkyl halides is 3. The van der Waals surface area contributed by atoms with Crippen LogP contribution in [0.25, 0.3) is 11.0 Å². The summed E-state index contributed by atoms with van der Waals surface area (Å²) in [7, 11) is 0. The molecule has 2 aromatic heterocycles. The minimum atomic E-state index is -4.51. The average Bonchev–Trinajstić information content (AvgIpc) is 3.42. The van der Waals surface area contributed by atoms with Gasteiger partial charge in [-0.05, 0) is 42.5 Å². The molecule has 2 aromatic carbocycles. The van der Waals surface area contributed by atoms with E-state index in [-0.39, 0.29) is 30.4 Å². The molecule has 0 bridgehead atoms. The van der Waals surface area contributed by atoms with Gasteiger partial charge in [0.25, 0.3) is 5.91 Å². The van der Waals surface area contributed by atoms with E-state index in [1.54, 1.807) is 34.9 Å². The van der Waals surface area contributed by atoms with Gasteiger partial charge in [-0.15, -0.1) is 0 Å². The molecule has 33 heavy (non-hydrogen) atoms. The Bertz CT molecular complexity index is 1280.